The molecule has 3 aliphatic rings. The molecule has 0 saturated carbocycles. The number of likely N-dealkylation sites (N-methyl/N-ethyl adjacent to an activating group) is 1. The highest BCUT2D eigenvalue weighted by molar-refractivity contribution is 5.93. The van der Waals surface area contributed by atoms with Crippen molar-refractivity contribution < 1.29 is 14.0 Å². The third-order valence-corrected chi connectivity index (χ3v) is 6.70. The maximum atomic E-state index is 13.1. The van der Waals surface area contributed by atoms with Crippen LogP contribution < -0.4 is 0 Å². The topological polar surface area (TPSA) is 69.9 Å². The first kappa shape index (κ1) is 19.4. The van der Waals surface area contributed by atoms with Crippen molar-refractivity contribution in [2.24, 2.45) is 11.8 Å². The van der Waals surface area contributed by atoms with Crippen LogP contribution in [0.5, 0.6) is 0 Å². The van der Waals surface area contributed by atoms with Crippen molar-refractivity contribution in [1.82, 2.24) is 19.7 Å². The van der Waals surface area contributed by atoms with Gasteiger partial charge in [-0.15, -0.1) is 0 Å². The van der Waals surface area contributed by atoms with Gasteiger partial charge in [0.15, 0.2) is 11.6 Å². The Kier molecular flexibility index (Phi) is 5.21. The van der Waals surface area contributed by atoms with Gasteiger partial charge in [0, 0.05) is 39.1 Å². The quantitative estimate of drug-likeness (QED) is 0.793. The summed E-state index contributed by atoms with van der Waals surface area (Å²) in [5, 5.41) is 0. The van der Waals surface area contributed by atoms with Crippen molar-refractivity contribution in [1.29, 1.82) is 0 Å². The third-order valence-electron chi connectivity index (χ3n) is 6.70. The molecule has 154 valence electrons. The molecule has 7 heteroatoms. The van der Waals surface area contributed by atoms with E-state index in [9.17, 15) is 9.59 Å². The summed E-state index contributed by atoms with van der Waals surface area (Å²) in [7, 11) is 1.91. The molecular weight excluding hydrogens is 356 g/mol. The Labute approximate surface area is 167 Å². The van der Waals surface area contributed by atoms with E-state index in [1.54, 1.807) is 0 Å². The lowest BCUT2D eigenvalue weighted by molar-refractivity contribution is -0.139. The van der Waals surface area contributed by atoms with E-state index in [1.807, 2.05) is 37.6 Å². The van der Waals surface area contributed by atoms with E-state index in [2.05, 4.69) is 9.88 Å². The molecule has 0 N–H and O–H groups in total. The number of hydrogen-bond acceptors (Lipinski definition) is 5. The van der Waals surface area contributed by atoms with Crippen LogP contribution in [-0.4, -0.2) is 77.3 Å². The molecular formula is C21H32N4O3. The fourth-order valence-electron chi connectivity index (χ4n) is 5.01. The lowest BCUT2D eigenvalue weighted by atomic mass is 9.87. The van der Waals surface area contributed by atoms with E-state index in [0.717, 1.165) is 52.0 Å². The minimum Gasteiger partial charge on any atom is -0.445 e. The Morgan fingerprint density at radius 2 is 1.89 bits per heavy atom. The summed E-state index contributed by atoms with van der Waals surface area (Å²) in [4.78, 5) is 36.3. The predicted molar refractivity (Wildman–Crippen MR) is 105 cm³/mol. The molecule has 0 bridgehead atoms. The van der Waals surface area contributed by atoms with Gasteiger partial charge in [-0.05, 0) is 44.6 Å². The number of nitrogens with zero attached hydrogens (tertiary/aromatic N) is 4. The molecule has 1 unspecified atom stereocenters. The molecule has 0 aliphatic carbocycles. The normalized spacial score (nSPS) is 28.9. The molecule has 0 radical (unpaired) electrons. The van der Waals surface area contributed by atoms with E-state index < -0.39 is 0 Å². The van der Waals surface area contributed by atoms with Gasteiger partial charge in [-0.1, -0.05) is 13.8 Å². The number of aryl methyl sites for hydroxylation is 1. The summed E-state index contributed by atoms with van der Waals surface area (Å²) in [5.74, 6) is 2.62. The molecule has 2 amide bonds. The molecule has 7 nitrogen and oxygen atoms in total. The zero-order valence-corrected chi connectivity index (χ0v) is 17.5. The van der Waals surface area contributed by atoms with Crippen LogP contribution in [0.3, 0.4) is 0 Å². The van der Waals surface area contributed by atoms with Gasteiger partial charge in [0.05, 0.1) is 6.04 Å². The van der Waals surface area contributed by atoms with Gasteiger partial charge in [-0.25, -0.2) is 4.98 Å². The molecule has 3 saturated heterocycles. The second kappa shape index (κ2) is 7.50. The first-order valence-electron chi connectivity index (χ1n) is 10.6. The Bertz CT molecular complexity index is 759. The number of rotatable bonds is 3. The number of fused-ring (bicyclic) bond motifs is 1. The average molecular weight is 389 g/mol. The SMILES string of the molecule is Cc1oc(C(C)C)nc1C(=O)N1C[C@@H]2CCN(C3CCCN(C)C3=O)C[C@@H]2C1. The summed E-state index contributed by atoms with van der Waals surface area (Å²) in [6.07, 6.45) is 3.09. The first-order chi connectivity index (χ1) is 13.3. The summed E-state index contributed by atoms with van der Waals surface area (Å²) in [5.41, 5.74) is 0.461. The maximum Gasteiger partial charge on any atom is 0.276 e. The highest BCUT2D eigenvalue weighted by Gasteiger charge is 2.43. The van der Waals surface area contributed by atoms with Gasteiger partial charge >= 0.3 is 0 Å². The van der Waals surface area contributed by atoms with Crippen molar-refractivity contribution in [3.05, 3.63) is 17.3 Å². The predicted octanol–water partition coefficient (Wildman–Crippen LogP) is 2.12. The van der Waals surface area contributed by atoms with Crippen LogP contribution in [0.25, 0.3) is 0 Å². The van der Waals surface area contributed by atoms with E-state index >= 15 is 0 Å². The highest BCUT2D eigenvalue weighted by atomic mass is 16.4. The van der Waals surface area contributed by atoms with Gasteiger partial charge in [0.2, 0.25) is 5.91 Å². The molecule has 4 rings (SSSR count). The van der Waals surface area contributed by atoms with Crippen LogP contribution in [0.4, 0.5) is 0 Å². The van der Waals surface area contributed by atoms with Crippen LogP contribution in [0.2, 0.25) is 0 Å². The zero-order valence-electron chi connectivity index (χ0n) is 17.5. The molecule has 3 atom stereocenters. The Hall–Kier alpha value is -1.89. The van der Waals surface area contributed by atoms with Gasteiger partial charge in [0.25, 0.3) is 5.91 Å². The Morgan fingerprint density at radius 3 is 2.61 bits per heavy atom. The fraction of sp³-hybridized carbons (Fsp3) is 0.762. The van der Waals surface area contributed by atoms with E-state index in [0.29, 0.717) is 29.2 Å². The molecule has 3 aliphatic heterocycles. The summed E-state index contributed by atoms with van der Waals surface area (Å²) in [6, 6.07) is 0.0239. The van der Waals surface area contributed by atoms with Crippen molar-refractivity contribution in [2.75, 3.05) is 39.8 Å². The lowest BCUT2D eigenvalue weighted by Crippen LogP contribution is -2.54. The summed E-state index contributed by atoms with van der Waals surface area (Å²) < 4.78 is 5.68. The number of carbonyl (C=O) groups excluding carboxylic acids is 2. The second-order valence-electron chi connectivity index (χ2n) is 9.04. The minimum absolute atomic E-state index is 0.0115. The number of piperidine rings is 2. The standard InChI is InChI=1S/C21H32N4O3/c1-13(2)19-22-18(14(3)28-19)21(27)25-10-15-7-9-24(11-16(15)12-25)17-6-5-8-23(4)20(17)26/h13,15-17H,5-12H2,1-4H3/t15-,16+,17?/m0/s1. The molecule has 1 aromatic heterocycles. The number of hydrogen-bond donors (Lipinski definition) is 0. The van der Waals surface area contributed by atoms with Crippen molar-refractivity contribution in [3.8, 4) is 0 Å². The van der Waals surface area contributed by atoms with Gasteiger partial charge in [-0.3, -0.25) is 14.5 Å². The minimum atomic E-state index is -0.0115. The monoisotopic (exact) mass is 388 g/mol. The number of amides is 2. The fourth-order valence-corrected chi connectivity index (χ4v) is 5.01. The van der Waals surface area contributed by atoms with Crippen molar-refractivity contribution in [3.63, 3.8) is 0 Å². The number of likely N-dealkylation sites (tertiary alicyclic amines) is 3. The second-order valence-corrected chi connectivity index (χ2v) is 9.04. The van der Waals surface area contributed by atoms with Crippen molar-refractivity contribution >= 4 is 11.8 Å². The van der Waals surface area contributed by atoms with Crippen LogP contribution in [0, 0.1) is 18.8 Å². The van der Waals surface area contributed by atoms with Crippen LogP contribution in [-0.2, 0) is 4.79 Å². The summed E-state index contributed by atoms with van der Waals surface area (Å²) >= 11 is 0. The number of aromatic nitrogens is 1. The molecule has 3 fully saturated rings. The van der Waals surface area contributed by atoms with Crippen LogP contribution >= 0.6 is 0 Å². The molecule has 28 heavy (non-hydrogen) atoms. The Morgan fingerprint density at radius 1 is 1.14 bits per heavy atom. The van der Waals surface area contributed by atoms with Gasteiger partial charge in [0.1, 0.15) is 5.76 Å². The number of carbonyl (C=O) groups is 2. The Balaban J connectivity index is 1.42. The van der Waals surface area contributed by atoms with Gasteiger partial charge < -0.3 is 14.2 Å². The molecule has 0 spiro atoms. The maximum absolute atomic E-state index is 13.1. The molecule has 0 aromatic carbocycles. The van der Waals surface area contributed by atoms with Crippen molar-refractivity contribution in [2.45, 2.75) is 52.0 Å². The number of oxazole rings is 1. The molecule has 1 aromatic rings. The smallest absolute Gasteiger partial charge is 0.276 e. The summed E-state index contributed by atoms with van der Waals surface area (Å²) in [6.45, 7) is 10.1. The highest BCUT2D eigenvalue weighted by Crippen LogP contribution is 2.34. The molecule has 4 heterocycles. The van der Waals surface area contributed by atoms with Crippen LogP contribution in [0.1, 0.15) is 61.2 Å². The van der Waals surface area contributed by atoms with Gasteiger partial charge in [-0.2, -0.15) is 0 Å². The first-order valence-corrected chi connectivity index (χ1v) is 10.6. The van der Waals surface area contributed by atoms with E-state index in [-0.39, 0.29) is 23.8 Å². The lowest BCUT2D eigenvalue weighted by Gasteiger charge is -2.42. The zero-order chi connectivity index (χ0) is 20.0. The third kappa shape index (κ3) is 3.45. The van der Waals surface area contributed by atoms with E-state index in [1.165, 1.54) is 0 Å². The average Bonchev–Trinajstić information content (AvgIpc) is 3.26. The van der Waals surface area contributed by atoms with Crippen LogP contribution in [0.15, 0.2) is 4.42 Å². The van der Waals surface area contributed by atoms with E-state index in [4.69, 9.17) is 4.42 Å². The largest absolute Gasteiger partial charge is 0.445 e.